The minimum Gasteiger partial charge on any atom is -0.486 e. The van der Waals surface area contributed by atoms with Crippen LogP contribution in [0.25, 0.3) is 10.8 Å². The van der Waals surface area contributed by atoms with Crippen molar-refractivity contribution in [3.05, 3.63) is 42.0 Å². The number of benzene rings is 2. The van der Waals surface area contributed by atoms with E-state index in [1.54, 1.807) is 6.07 Å². The lowest BCUT2D eigenvalue weighted by Crippen LogP contribution is -2.08. The molecule has 0 aromatic heterocycles. The van der Waals surface area contributed by atoms with Crippen molar-refractivity contribution in [3.63, 3.8) is 0 Å². The molecular formula is C16H13ClF2O. The van der Waals surface area contributed by atoms with Crippen LogP contribution in [0.5, 0.6) is 5.75 Å². The lowest BCUT2D eigenvalue weighted by molar-refractivity contribution is 0.0818. The molecule has 0 heterocycles. The zero-order valence-corrected chi connectivity index (χ0v) is 11.5. The van der Waals surface area contributed by atoms with Gasteiger partial charge in [-0.1, -0.05) is 42.2 Å². The van der Waals surface area contributed by atoms with Crippen LogP contribution in [0.1, 0.15) is 12.0 Å². The van der Waals surface area contributed by atoms with Crippen LogP contribution < -0.4 is 4.74 Å². The summed E-state index contributed by atoms with van der Waals surface area (Å²) in [4.78, 5) is 0. The Morgan fingerprint density at radius 3 is 2.70 bits per heavy atom. The molecule has 104 valence electrons. The maximum absolute atomic E-state index is 12.3. The molecule has 2 rings (SSSR count). The second-order valence-corrected chi connectivity index (χ2v) is 4.48. The van der Waals surface area contributed by atoms with E-state index in [1.807, 2.05) is 30.3 Å². The highest BCUT2D eigenvalue weighted by molar-refractivity contribution is 6.18. The zero-order valence-electron chi connectivity index (χ0n) is 10.7. The van der Waals surface area contributed by atoms with Gasteiger partial charge in [-0.15, -0.1) is 11.6 Å². The van der Waals surface area contributed by atoms with Crippen molar-refractivity contribution in [2.45, 2.75) is 12.8 Å². The number of ether oxygens (including phenoxy) is 1. The summed E-state index contributed by atoms with van der Waals surface area (Å²) in [6, 6.07) is 11.1. The molecule has 0 saturated heterocycles. The van der Waals surface area contributed by atoms with E-state index in [0.717, 1.165) is 10.8 Å². The van der Waals surface area contributed by atoms with Gasteiger partial charge in [0.2, 0.25) is 0 Å². The van der Waals surface area contributed by atoms with E-state index >= 15 is 0 Å². The molecule has 0 spiro atoms. The Bertz CT molecular complexity index is 644. The second kappa shape index (κ2) is 7.12. The molecule has 0 aliphatic heterocycles. The molecule has 2 aromatic carbocycles. The van der Waals surface area contributed by atoms with Crippen molar-refractivity contribution in [3.8, 4) is 17.6 Å². The Kier molecular flexibility index (Phi) is 5.20. The highest BCUT2D eigenvalue weighted by atomic mass is 35.5. The minimum atomic E-state index is -2.51. The average Bonchev–Trinajstić information content (AvgIpc) is 2.46. The number of fused-ring (bicyclic) bond motifs is 1. The van der Waals surface area contributed by atoms with Gasteiger partial charge in [-0.05, 0) is 11.5 Å². The minimum absolute atomic E-state index is 0.381. The van der Waals surface area contributed by atoms with E-state index in [1.165, 1.54) is 0 Å². The molecule has 0 unspecified atom stereocenters. The lowest BCUT2D eigenvalue weighted by atomic mass is 10.0. The van der Waals surface area contributed by atoms with Crippen molar-refractivity contribution < 1.29 is 13.5 Å². The number of hydrogen-bond acceptors (Lipinski definition) is 1. The van der Waals surface area contributed by atoms with E-state index in [2.05, 4.69) is 11.8 Å². The van der Waals surface area contributed by atoms with Gasteiger partial charge in [-0.2, -0.15) is 0 Å². The summed E-state index contributed by atoms with van der Waals surface area (Å²) in [5, 5.41) is 1.88. The maximum Gasteiger partial charge on any atom is 0.272 e. The molecule has 0 aliphatic carbocycles. The van der Waals surface area contributed by atoms with E-state index in [0.29, 0.717) is 23.6 Å². The topological polar surface area (TPSA) is 9.23 Å². The van der Waals surface area contributed by atoms with Gasteiger partial charge >= 0.3 is 0 Å². The van der Waals surface area contributed by atoms with E-state index in [9.17, 15) is 8.78 Å². The Morgan fingerprint density at radius 1 is 1.15 bits per heavy atom. The van der Waals surface area contributed by atoms with Gasteiger partial charge in [0, 0.05) is 17.7 Å². The monoisotopic (exact) mass is 294 g/mol. The molecule has 1 nitrogen and oxygen atoms in total. The van der Waals surface area contributed by atoms with Crippen molar-refractivity contribution in [1.82, 2.24) is 0 Å². The molecule has 0 atom stereocenters. The summed E-state index contributed by atoms with van der Waals surface area (Å²) in [6.45, 7) is -0.636. The fourth-order valence-corrected chi connectivity index (χ4v) is 1.95. The van der Waals surface area contributed by atoms with Gasteiger partial charge in [0.05, 0.1) is 5.56 Å². The molecular weight excluding hydrogens is 282 g/mol. The van der Waals surface area contributed by atoms with E-state index in [-0.39, 0.29) is 0 Å². The zero-order chi connectivity index (χ0) is 14.4. The van der Waals surface area contributed by atoms with Gasteiger partial charge in [0.25, 0.3) is 6.43 Å². The molecule has 0 fully saturated rings. The largest absolute Gasteiger partial charge is 0.486 e. The Hall–Kier alpha value is -1.79. The average molecular weight is 295 g/mol. The molecule has 0 radical (unpaired) electrons. The van der Waals surface area contributed by atoms with Crippen LogP contribution in [0, 0.1) is 11.8 Å². The highest BCUT2D eigenvalue weighted by Crippen LogP contribution is 2.27. The van der Waals surface area contributed by atoms with Crippen LogP contribution in [0.4, 0.5) is 8.78 Å². The number of halogens is 3. The van der Waals surface area contributed by atoms with E-state index < -0.39 is 13.0 Å². The van der Waals surface area contributed by atoms with Crippen molar-refractivity contribution >= 4 is 22.4 Å². The molecule has 20 heavy (non-hydrogen) atoms. The first-order valence-corrected chi connectivity index (χ1v) is 6.73. The van der Waals surface area contributed by atoms with Gasteiger partial charge in [-0.25, -0.2) is 8.78 Å². The molecule has 2 aromatic rings. The normalized spacial score (nSPS) is 10.4. The van der Waals surface area contributed by atoms with Crippen molar-refractivity contribution in [2.75, 3.05) is 12.5 Å². The van der Waals surface area contributed by atoms with Crippen LogP contribution >= 0.6 is 11.6 Å². The third-order valence-electron chi connectivity index (χ3n) is 2.69. The Balaban J connectivity index is 2.45. The van der Waals surface area contributed by atoms with Gasteiger partial charge in [-0.3, -0.25) is 0 Å². The quantitative estimate of drug-likeness (QED) is 0.597. The summed E-state index contributed by atoms with van der Waals surface area (Å²) in [7, 11) is 0. The molecule has 0 N–H and O–H groups in total. The first-order valence-electron chi connectivity index (χ1n) is 6.20. The number of alkyl halides is 3. The Morgan fingerprint density at radius 2 is 1.95 bits per heavy atom. The van der Waals surface area contributed by atoms with Gasteiger partial charge < -0.3 is 4.74 Å². The summed E-state index contributed by atoms with van der Waals surface area (Å²) < 4.78 is 29.7. The fraction of sp³-hybridized carbons (Fsp3) is 0.250. The van der Waals surface area contributed by atoms with Gasteiger partial charge in [0.1, 0.15) is 12.4 Å². The van der Waals surface area contributed by atoms with Crippen molar-refractivity contribution in [1.29, 1.82) is 0 Å². The Labute approximate surface area is 121 Å². The maximum atomic E-state index is 12.3. The fourth-order valence-electron chi connectivity index (χ4n) is 1.85. The predicted octanol–water partition coefficient (Wildman–Crippen LogP) is 4.46. The molecule has 0 aliphatic rings. The summed E-state index contributed by atoms with van der Waals surface area (Å²) in [6.07, 6.45) is -1.97. The molecule has 0 bridgehead atoms. The molecule has 4 heteroatoms. The summed E-state index contributed by atoms with van der Waals surface area (Å²) in [5.74, 6) is 6.71. The van der Waals surface area contributed by atoms with Crippen LogP contribution in [-0.4, -0.2) is 18.9 Å². The van der Waals surface area contributed by atoms with Crippen LogP contribution in [-0.2, 0) is 0 Å². The third-order valence-corrected chi connectivity index (χ3v) is 2.88. The van der Waals surface area contributed by atoms with Gasteiger partial charge in [0.15, 0.2) is 0 Å². The predicted molar refractivity (Wildman–Crippen MR) is 77.7 cm³/mol. The molecule has 0 saturated carbocycles. The summed E-state index contributed by atoms with van der Waals surface area (Å²) >= 11 is 5.60. The SMILES string of the molecule is FC(F)COc1ccc2ccccc2c1C#CCCCl. The lowest BCUT2D eigenvalue weighted by Gasteiger charge is -2.10. The smallest absolute Gasteiger partial charge is 0.272 e. The van der Waals surface area contributed by atoms with Crippen LogP contribution in [0.15, 0.2) is 36.4 Å². The highest BCUT2D eigenvalue weighted by Gasteiger charge is 2.09. The summed E-state index contributed by atoms with van der Waals surface area (Å²) in [5.41, 5.74) is 0.633. The molecule has 0 amide bonds. The first-order chi connectivity index (χ1) is 9.72. The standard InChI is InChI=1S/C16H13ClF2O/c17-10-4-3-7-14-13-6-2-1-5-12(13)8-9-15(14)20-11-16(18)19/h1-2,5-6,8-9,16H,4,10-11H2. The first kappa shape index (κ1) is 14.6. The van der Waals surface area contributed by atoms with E-state index in [4.69, 9.17) is 16.3 Å². The number of hydrogen-bond donors (Lipinski definition) is 0. The van der Waals surface area contributed by atoms with Crippen LogP contribution in [0.2, 0.25) is 0 Å². The van der Waals surface area contributed by atoms with Crippen molar-refractivity contribution in [2.24, 2.45) is 0 Å². The number of rotatable bonds is 4. The second-order valence-electron chi connectivity index (χ2n) is 4.10. The third kappa shape index (κ3) is 3.61. The van der Waals surface area contributed by atoms with Crippen LogP contribution in [0.3, 0.4) is 0 Å².